The molecule has 1 heterocycles. The zero-order valence-electron chi connectivity index (χ0n) is 10.6. The third-order valence-corrected chi connectivity index (χ3v) is 4.04. The Kier molecular flexibility index (Phi) is 4.42. The summed E-state index contributed by atoms with van der Waals surface area (Å²) >= 11 is 6.85. The van der Waals surface area contributed by atoms with Gasteiger partial charge in [-0.15, -0.1) is 0 Å². The smallest absolute Gasteiger partial charge is 0.165 e. The van der Waals surface area contributed by atoms with Crippen molar-refractivity contribution in [3.8, 4) is 17.1 Å². The van der Waals surface area contributed by atoms with Crippen LogP contribution < -0.4 is 10.5 Å². The molecule has 0 aliphatic heterocycles. The van der Waals surface area contributed by atoms with Crippen molar-refractivity contribution in [2.24, 2.45) is 0 Å². The number of nitrogens with two attached hydrogens (primary N) is 1. The van der Waals surface area contributed by atoms with Gasteiger partial charge >= 0.3 is 0 Å². The number of nitrogen functional groups attached to an aromatic ring is 1. The molecule has 0 aliphatic carbocycles. The van der Waals surface area contributed by atoms with Gasteiger partial charge in [0.1, 0.15) is 11.6 Å². The van der Waals surface area contributed by atoms with Gasteiger partial charge in [-0.3, -0.25) is 0 Å². The first kappa shape index (κ1) is 14.3. The molecule has 0 spiro atoms. The fourth-order valence-electron chi connectivity index (χ4n) is 1.72. The van der Waals surface area contributed by atoms with Gasteiger partial charge in [-0.25, -0.2) is 9.97 Å². The summed E-state index contributed by atoms with van der Waals surface area (Å²) in [6.45, 7) is 2.02. The molecular formula is C13H13Br2N3O. The molecule has 2 N–H and O–H groups in total. The average molecular weight is 387 g/mol. The van der Waals surface area contributed by atoms with Crippen molar-refractivity contribution >= 4 is 37.7 Å². The van der Waals surface area contributed by atoms with Crippen LogP contribution >= 0.6 is 31.9 Å². The normalized spacial score (nSPS) is 10.5. The van der Waals surface area contributed by atoms with Gasteiger partial charge < -0.3 is 10.5 Å². The van der Waals surface area contributed by atoms with Gasteiger partial charge in [-0.2, -0.15) is 0 Å². The molecule has 0 amide bonds. The van der Waals surface area contributed by atoms with Crippen LogP contribution in [0.3, 0.4) is 0 Å². The molecule has 0 atom stereocenters. The fourth-order valence-corrected chi connectivity index (χ4v) is 2.54. The number of aromatic nitrogens is 2. The minimum atomic E-state index is 0.434. The summed E-state index contributed by atoms with van der Waals surface area (Å²) < 4.78 is 7.04. The maximum absolute atomic E-state index is 5.91. The molecule has 0 saturated heterocycles. The Balaban J connectivity index is 2.65. The summed E-state index contributed by atoms with van der Waals surface area (Å²) in [6.07, 6.45) is 0.774. The van der Waals surface area contributed by atoms with E-state index in [2.05, 4.69) is 41.8 Å². The highest BCUT2D eigenvalue weighted by atomic mass is 79.9. The third kappa shape index (κ3) is 2.90. The van der Waals surface area contributed by atoms with Crippen LogP contribution in [0.4, 0.5) is 5.82 Å². The van der Waals surface area contributed by atoms with Crippen LogP contribution in [-0.4, -0.2) is 17.1 Å². The molecule has 100 valence electrons. The number of hydrogen-bond acceptors (Lipinski definition) is 4. The number of rotatable bonds is 3. The van der Waals surface area contributed by atoms with Gasteiger partial charge in [0.05, 0.1) is 22.8 Å². The van der Waals surface area contributed by atoms with Crippen molar-refractivity contribution in [1.29, 1.82) is 0 Å². The van der Waals surface area contributed by atoms with Crippen molar-refractivity contribution in [1.82, 2.24) is 9.97 Å². The highest BCUT2D eigenvalue weighted by Gasteiger charge is 2.14. The van der Waals surface area contributed by atoms with Crippen molar-refractivity contribution in [3.05, 3.63) is 32.8 Å². The van der Waals surface area contributed by atoms with E-state index in [4.69, 9.17) is 10.5 Å². The van der Waals surface area contributed by atoms with Gasteiger partial charge in [0.25, 0.3) is 0 Å². The lowest BCUT2D eigenvalue weighted by atomic mass is 10.1. The number of nitrogens with zero attached hydrogens (tertiary/aromatic N) is 2. The Hall–Kier alpha value is -1.14. The zero-order valence-corrected chi connectivity index (χ0v) is 13.7. The Morgan fingerprint density at radius 1 is 1.26 bits per heavy atom. The second-order valence-electron chi connectivity index (χ2n) is 3.89. The van der Waals surface area contributed by atoms with E-state index < -0.39 is 0 Å². The van der Waals surface area contributed by atoms with Crippen molar-refractivity contribution in [2.45, 2.75) is 13.3 Å². The Bertz CT molecular complexity index is 617. The largest absolute Gasteiger partial charge is 0.496 e. The summed E-state index contributed by atoms with van der Waals surface area (Å²) in [5.74, 6) is 1.71. The van der Waals surface area contributed by atoms with E-state index in [1.807, 2.05) is 25.1 Å². The second-order valence-corrected chi connectivity index (χ2v) is 5.60. The minimum Gasteiger partial charge on any atom is -0.496 e. The van der Waals surface area contributed by atoms with Gasteiger partial charge in [0.2, 0.25) is 0 Å². The number of anilines is 1. The molecule has 19 heavy (non-hydrogen) atoms. The van der Waals surface area contributed by atoms with Gasteiger partial charge in [-0.1, -0.05) is 22.9 Å². The molecule has 2 rings (SSSR count). The molecule has 0 aliphatic rings. The van der Waals surface area contributed by atoms with E-state index in [1.54, 1.807) is 7.11 Å². The van der Waals surface area contributed by atoms with Crippen molar-refractivity contribution in [2.75, 3.05) is 12.8 Å². The maximum Gasteiger partial charge on any atom is 0.165 e. The van der Waals surface area contributed by atoms with Crippen LogP contribution in [0.15, 0.2) is 27.1 Å². The molecule has 4 nitrogen and oxygen atoms in total. The Morgan fingerprint density at radius 3 is 2.63 bits per heavy atom. The number of hydrogen-bond donors (Lipinski definition) is 1. The number of aryl methyl sites for hydroxylation is 1. The molecule has 1 aromatic carbocycles. The van der Waals surface area contributed by atoms with E-state index in [0.717, 1.165) is 26.6 Å². The molecule has 0 saturated carbocycles. The summed E-state index contributed by atoms with van der Waals surface area (Å²) in [5.41, 5.74) is 7.60. The SMILES string of the molecule is CCc1nc(-c2cc(Br)ccc2OC)nc(N)c1Br. The number of benzene rings is 1. The zero-order chi connectivity index (χ0) is 14.0. The lowest BCUT2D eigenvalue weighted by Gasteiger charge is -2.11. The first-order valence-corrected chi connectivity index (χ1v) is 7.31. The Morgan fingerprint density at radius 2 is 2.00 bits per heavy atom. The van der Waals surface area contributed by atoms with Crippen molar-refractivity contribution in [3.63, 3.8) is 0 Å². The van der Waals surface area contributed by atoms with Crippen LogP contribution in [-0.2, 0) is 6.42 Å². The monoisotopic (exact) mass is 385 g/mol. The predicted octanol–water partition coefficient (Wildman–Crippen LogP) is 3.82. The summed E-state index contributed by atoms with van der Waals surface area (Å²) in [6, 6.07) is 5.69. The number of halogens is 2. The first-order chi connectivity index (χ1) is 9.06. The third-order valence-electron chi connectivity index (χ3n) is 2.68. The van der Waals surface area contributed by atoms with Gasteiger partial charge in [0.15, 0.2) is 5.82 Å². The minimum absolute atomic E-state index is 0.434. The van der Waals surface area contributed by atoms with E-state index in [-0.39, 0.29) is 0 Å². The van der Waals surface area contributed by atoms with Gasteiger partial charge in [-0.05, 0) is 40.5 Å². The molecule has 6 heteroatoms. The molecule has 0 radical (unpaired) electrons. The van der Waals surface area contributed by atoms with Crippen molar-refractivity contribution < 1.29 is 4.74 Å². The molecule has 0 fully saturated rings. The predicted molar refractivity (Wildman–Crippen MR) is 83.2 cm³/mol. The summed E-state index contributed by atoms with van der Waals surface area (Å²) in [7, 11) is 1.62. The Labute approximate surface area is 128 Å². The van der Waals surface area contributed by atoms with E-state index in [9.17, 15) is 0 Å². The lowest BCUT2D eigenvalue weighted by Crippen LogP contribution is -2.03. The maximum atomic E-state index is 5.91. The first-order valence-electron chi connectivity index (χ1n) is 5.72. The highest BCUT2D eigenvalue weighted by molar-refractivity contribution is 9.11. The standard InChI is InChI=1S/C13H13Br2N3O/c1-3-9-11(15)12(16)18-13(17-9)8-6-7(14)4-5-10(8)19-2/h4-6H,3H2,1-2H3,(H2,16,17,18). The van der Waals surface area contributed by atoms with Gasteiger partial charge in [0, 0.05) is 4.47 Å². The van der Waals surface area contributed by atoms with Crippen LogP contribution in [0.5, 0.6) is 5.75 Å². The topological polar surface area (TPSA) is 61.0 Å². The van der Waals surface area contributed by atoms with E-state index in [0.29, 0.717) is 17.4 Å². The molecule has 0 unspecified atom stereocenters. The average Bonchev–Trinajstić information content (AvgIpc) is 2.41. The van der Waals surface area contributed by atoms with E-state index in [1.165, 1.54) is 0 Å². The summed E-state index contributed by atoms with van der Waals surface area (Å²) in [4.78, 5) is 8.85. The molecule has 2 aromatic rings. The fraction of sp³-hybridized carbons (Fsp3) is 0.231. The summed E-state index contributed by atoms with van der Waals surface area (Å²) in [5, 5.41) is 0. The highest BCUT2D eigenvalue weighted by Crippen LogP contribution is 2.33. The van der Waals surface area contributed by atoms with Crippen LogP contribution in [0.2, 0.25) is 0 Å². The quantitative estimate of drug-likeness (QED) is 0.870. The second kappa shape index (κ2) is 5.88. The molecule has 1 aromatic heterocycles. The van der Waals surface area contributed by atoms with Crippen LogP contribution in [0, 0.1) is 0 Å². The molecular weight excluding hydrogens is 374 g/mol. The van der Waals surface area contributed by atoms with Crippen LogP contribution in [0.1, 0.15) is 12.6 Å². The van der Waals surface area contributed by atoms with Crippen LogP contribution in [0.25, 0.3) is 11.4 Å². The van der Waals surface area contributed by atoms with E-state index >= 15 is 0 Å². The number of methoxy groups -OCH3 is 1. The molecule has 0 bridgehead atoms. The number of ether oxygens (including phenoxy) is 1. The lowest BCUT2D eigenvalue weighted by molar-refractivity contribution is 0.416.